The van der Waals surface area contributed by atoms with Crippen molar-refractivity contribution in [2.24, 2.45) is 0 Å². The fourth-order valence-electron chi connectivity index (χ4n) is 1.86. The first-order valence-corrected chi connectivity index (χ1v) is 5.91. The molecular formula is C15H11N3O. The first-order valence-electron chi connectivity index (χ1n) is 5.91. The van der Waals surface area contributed by atoms with E-state index in [9.17, 15) is 5.21 Å². The van der Waals surface area contributed by atoms with Gasteiger partial charge in [-0.2, -0.15) is 4.73 Å². The predicted molar refractivity (Wildman–Crippen MR) is 71.9 cm³/mol. The molecule has 3 aromatic rings. The van der Waals surface area contributed by atoms with E-state index < -0.39 is 0 Å². The minimum absolute atomic E-state index is 0.528. The van der Waals surface area contributed by atoms with Gasteiger partial charge in [0.15, 0.2) is 6.20 Å². The number of hydrogen-bond donors (Lipinski definition) is 0. The lowest BCUT2D eigenvalue weighted by Crippen LogP contribution is -2.28. The van der Waals surface area contributed by atoms with Crippen molar-refractivity contribution in [3.63, 3.8) is 0 Å². The minimum atomic E-state index is 0.528. The summed E-state index contributed by atoms with van der Waals surface area (Å²) >= 11 is 0. The first-order chi connectivity index (χ1) is 9.34. The third-order valence-electron chi connectivity index (χ3n) is 2.76. The topological polar surface area (TPSA) is 52.7 Å². The van der Waals surface area contributed by atoms with E-state index in [1.165, 1.54) is 6.20 Å². The van der Waals surface area contributed by atoms with E-state index in [0.717, 1.165) is 16.1 Å². The van der Waals surface area contributed by atoms with E-state index in [4.69, 9.17) is 0 Å². The molecule has 0 amide bonds. The second-order valence-electron chi connectivity index (χ2n) is 4.03. The maximum atomic E-state index is 11.7. The second-order valence-corrected chi connectivity index (χ2v) is 4.03. The number of pyridine rings is 3. The second kappa shape index (κ2) is 4.86. The van der Waals surface area contributed by atoms with Gasteiger partial charge in [-0.15, -0.1) is 0 Å². The predicted octanol–water partition coefficient (Wildman–Crippen LogP) is 2.44. The van der Waals surface area contributed by atoms with Crippen LogP contribution in [-0.2, 0) is 0 Å². The summed E-state index contributed by atoms with van der Waals surface area (Å²) in [4.78, 5) is 8.75. The van der Waals surface area contributed by atoms with Crippen LogP contribution in [0.1, 0.15) is 0 Å². The number of rotatable bonds is 2. The molecule has 0 N–H and O–H groups in total. The van der Waals surface area contributed by atoms with Crippen molar-refractivity contribution in [3.8, 4) is 22.8 Å². The van der Waals surface area contributed by atoms with Gasteiger partial charge in [0.25, 0.3) is 0 Å². The van der Waals surface area contributed by atoms with Crippen molar-refractivity contribution in [1.82, 2.24) is 9.97 Å². The Balaban J connectivity index is 2.09. The summed E-state index contributed by atoms with van der Waals surface area (Å²) in [6.07, 6.45) is 3.18. The summed E-state index contributed by atoms with van der Waals surface area (Å²) in [6, 6.07) is 16.5. The van der Waals surface area contributed by atoms with Gasteiger partial charge in [0, 0.05) is 18.3 Å². The molecule has 19 heavy (non-hydrogen) atoms. The van der Waals surface area contributed by atoms with Crippen molar-refractivity contribution >= 4 is 0 Å². The van der Waals surface area contributed by atoms with Crippen LogP contribution in [0.2, 0.25) is 0 Å². The summed E-state index contributed by atoms with van der Waals surface area (Å²) in [5, 5.41) is 11.7. The van der Waals surface area contributed by atoms with Gasteiger partial charge in [0.1, 0.15) is 5.69 Å². The Morgan fingerprint density at radius 3 is 2.37 bits per heavy atom. The van der Waals surface area contributed by atoms with E-state index in [0.29, 0.717) is 11.4 Å². The van der Waals surface area contributed by atoms with E-state index in [2.05, 4.69) is 9.97 Å². The Labute approximate surface area is 110 Å². The molecule has 3 heterocycles. The maximum absolute atomic E-state index is 11.7. The lowest BCUT2D eigenvalue weighted by molar-refractivity contribution is -0.593. The molecule has 0 bridgehead atoms. The highest BCUT2D eigenvalue weighted by Gasteiger charge is 2.10. The molecule has 4 nitrogen and oxygen atoms in total. The van der Waals surface area contributed by atoms with Gasteiger partial charge in [0.05, 0.1) is 11.4 Å². The van der Waals surface area contributed by atoms with Crippen molar-refractivity contribution in [1.29, 1.82) is 0 Å². The molecule has 0 atom stereocenters. The lowest BCUT2D eigenvalue weighted by atomic mass is 10.2. The van der Waals surface area contributed by atoms with Crippen LogP contribution >= 0.6 is 0 Å². The van der Waals surface area contributed by atoms with E-state index in [-0.39, 0.29) is 0 Å². The summed E-state index contributed by atoms with van der Waals surface area (Å²) < 4.78 is 0.810. The van der Waals surface area contributed by atoms with Gasteiger partial charge < -0.3 is 5.21 Å². The Bertz CT molecular complexity index is 699. The Hall–Kier alpha value is -2.75. The zero-order chi connectivity index (χ0) is 13.1. The highest BCUT2D eigenvalue weighted by atomic mass is 16.5. The smallest absolute Gasteiger partial charge is 0.242 e. The van der Waals surface area contributed by atoms with Crippen molar-refractivity contribution in [3.05, 3.63) is 72.2 Å². The molecule has 0 saturated heterocycles. The molecule has 3 aromatic heterocycles. The first kappa shape index (κ1) is 11.3. The third kappa shape index (κ3) is 2.28. The quantitative estimate of drug-likeness (QED) is 0.517. The molecule has 4 heteroatoms. The van der Waals surface area contributed by atoms with Crippen LogP contribution in [0.5, 0.6) is 0 Å². The standard InChI is InChI=1S/C15H11N3O/c19-18-11-4-2-9-15(18)14-8-5-7-13(17-14)12-6-1-3-10-16-12/h1-11H. The molecule has 0 aliphatic carbocycles. The largest absolute Gasteiger partial charge is 0.618 e. The lowest BCUT2D eigenvalue weighted by Gasteiger charge is -2.05. The van der Waals surface area contributed by atoms with E-state index in [1.54, 1.807) is 18.3 Å². The zero-order valence-corrected chi connectivity index (χ0v) is 10.1. The highest BCUT2D eigenvalue weighted by Crippen LogP contribution is 2.18. The van der Waals surface area contributed by atoms with Crippen molar-refractivity contribution in [2.45, 2.75) is 0 Å². The number of hydrogen-bond acceptors (Lipinski definition) is 3. The van der Waals surface area contributed by atoms with E-state index >= 15 is 0 Å². The molecule has 0 aromatic carbocycles. The van der Waals surface area contributed by atoms with Crippen LogP contribution in [0.3, 0.4) is 0 Å². The highest BCUT2D eigenvalue weighted by molar-refractivity contribution is 5.60. The molecule has 0 radical (unpaired) electrons. The Morgan fingerprint density at radius 1 is 0.789 bits per heavy atom. The minimum Gasteiger partial charge on any atom is -0.618 e. The molecule has 3 rings (SSSR count). The molecule has 0 aliphatic rings. The molecule has 92 valence electrons. The normalized spacial score (nSPS) is 10.3. The average molecular weight is 249 g/mol. The monoisotopic (exact) mass is 249 g/mol. The van der Waals surface area contributed by atoms with Crippen LogP contribution in [0.4, 0.5) is 0 Å². The van der Waals surface area contributed by atoms with Gasteiger partial charge >= 0.3 is 0 Å². The van der Waals surface area contributed by atoms with Crippen LogP contribution in [-0.4, -0.2) is 9.97 Å². The van der Waals surface area contributed by atoms with E-state index in [1.807, 2.05) is 42.5 Å². The summed E-state index contributed by atoms with van der Waals surface area (Å²) in [5.74, 6) is 0. The summed E-state index contributed by atoms with van der Waals surface area (Å²) in [5.41, 5.74) is 2.71. The molecule has 0 aliphatic heterocycles. The van der Waals surface area contributed by atoms with Gasteiger partial charge in [-0.05, 0) is 30.3 Å². The SMILES string of the molecule is [O-][n+]1ccccc1-c1cccc(-c2ccccn2)n1. The molecule has 0 unspecified atom stereocenters. The Morgan fingerprint density at radius 2 is 1.58 bits per heavy atom. The average Bonchev–Trinajstić information content (AvgIpc) is 2.49. The van der Waals surface area contributed by atoms with Gasteiger partial charge in [-0.1, -0.05) is 12.1 Å². The fraction of sp³-hybridized carbons (Fsp3) is 0. The zero-order valence-electron chi connectivity index (χ0n) is 10.1. The summed E-state index contributed by atoms with van der Waals surface area (Å²) in [6.45, 7) is 0. The van der Waals surface area contributed by atoms with Crippen molar-refractivity contribution in [2.75, 3.05) is 0 Å². The number of nitrogens with zero attached hydrogens (tertiary/aromatic N) is 3. The van der Waals surface area contributed by atoms with Crippen LogP contribution < -0.4 is 4.73 Å². The van der Waals surface area contributed by atoms with Crippen LogP contribution in [0, 0.1) is 5.21 Å². The third-order valence-corrected chi connectivity index (χ3v) is 2.76. The van der Waals surface area contributed by atoms with Gasteiger partial charge in [-0.25, -0.2) is 4.98 Å². The van der Waals surface area contributed by atoms with Gasteiger partial charge in [0.2, 0.25) is 5.69 Å². The number of aromatic nitrogens is 3. The molecular weight excluding hydrogens is 238 g/mol. The van der Waals surface area contributed by atoms with Gasteiger partial charge in [-0.3, -0.25) is 4.98 Å². The van der Waals surface area contributed by atoms with Crippen LogP contribution in [0.15, 0.2) is 67.0 Å². The van der Waals surface area contributed by atoms with Crippen LogP contribution in [0.25, 0.3) is 22.8 Å². The maximum Gasteiger partial charge on any atom is 0.242 e. The summed E-state index contributed by atoms with van der Waals surface area (Å²) in [7, 11) is 0. The Kier molecular flexibility index (Phi) is 2.90. The fourth-order valence-corrected chi connectivity index (χ4v) is 1.86. The molecule has 0 spiro atoms. The molecule has 0 saturated carbocycles. The molecule has 0 fully saturated rings. The van der Waals surface area contributed by atoms with Crippen molar-refractivity contribution < 1.29 is 4.73 Å².